The number of likely N-dealkylation sites (tertiary alicyclic amines) is 1. The minimum atomic E-state index is -0.327. The SMILES string of the molecule is CN1CCN(C(=O)C2CCN(CC(N)=O)CC2c2nc3ccccc3s2)CC1. The summed E-state index contributed by atoms with van der Waals surface area (Å²) in [4.78, 5) is 36.0. The van der Waals surface area contributed by atoms with Crippen molar-refractivity contribution >= 4 is 33.4 Å². The second-order valence-electron chi connectivity index (χ2n) is 7.85. The molecule has 1 aromatic carbocycles. The van der Waals surface area contributed by atoms with E-state index in [1.165, 1.54) is 0 Å². The highest BCUT2D eigenvalue weighted by molar-refractivity contribution is 7.18. The summed E-state index contributed by atoms with van der Waals surface area (Å²) in [5.41, 5.74) is 6.39. The quantitative estimate of drug-likeness (QED) is 0.825. The summed E-state index contributed by atoms with van der Waals surface area (Å²) in [6.07, 6.45) is 0.735. The Labute approximate surface area is 169 Å². The average molecular weight is 402 g/mol. The van der Waals surface area contributed by atoms with Crippen molar-refractivity contribution in [3.8, 4) is 0 Å². The van der Waals surface area contributed by atoms with Crippen LogP contribution in [0.25, 0.3) is 10.2 Å². The predicted molar refractivity (Wildman–Crippen MR) is 110 cm³/mol. The minimum absolute atomic E-state index is 0.00217. The number of para-hydroxylation sites is 1. The van der Waals surface area contributed by atoms with Gasteiger partial charge in [0.25, 0.3) is 0 Å². The lowest BCUT2D eigenvalue weighted by Crippen LogP contribution is -2.52. The van der Waals surface area contributed by atoms with Gasteiger partial charge in [-0.05, 0) is 32.1 Å². The highest BCUT2D eigenvalue weighted by Crippen LogP contribution is 2.37. The van der Waals surface area contributed by atoms with Crippen LogP contribution in [0.15, 0.2) is 24.3 Å². The highest BCUT2D eigenvalue weighted by atomic mass is 32.1. The van der Waals surface area contributed by atoms with Gasteiger partial charge in [0, 0.05) is 44.6 Å². The number of carbonyl (C=O) groups excluding carboxylic acids is 2. The van der Waals surface area contributed by atoms with E-state index in [1.807, 2.05) is 23.1 Å². The van der Waals surface area contributed by atoms with Gasteiger partial charge in [0.15, 0.2) is 0 Å². The number of thiazole rings is 1. The van der Waals surface area contributed by atoms with Crippen LogP contribution < -0.4 is 5.73 Å². The van der Waals surface area contributed by atoms with Crippen molar-refractivity contribution in [2.24, 2.45) is 11.7 Å². The number of piperazine rings is 1. The van der Waals surface area contributed by atoms with Crippen LogP contribution >= 0.6 is 11.3 Å². The van der Waals surface area contributed by atoms with Gasteiger partial charge < -0.3 is 15.5 Å². The van der Waals surface area contributed by atoms with Gasteiger partial charge in [-0.3, -0.25) is 14.5 Å². The van der Waals surface area contributed by atoms with Crippen LogP contribution in [0.2, 0.25) is 0 Å². The summed E-state index contributed by atoms with van der Waals surface area (Å²) in [7, 11) is 2.09. The average Bonchev–Trinajstić information content (AvgIpc) is 3.12. The molecule has 2 saturated heterocycles. The molecule has 0 radical (unpaired) electrons. The second-order valence-corrected chi connectivity index (χ2v) is 8.91. The number of nitrogens with two attached hydrogens (primary N) is 1. The van der Waals surface area contributed by atoms with Crippen LogP contribution in [0.5, 0.6) is 0 Å². The Morgan fingerprint density at radius 1 is 1.18 bits per heavy atom. The van der Waals surface area contributed by atoms with E-state index in [0.717, 1.165) is 47.8 Å². The first kappa shape index (κ1) is 19.3. The Hall–Kier alpha value is -2.03. The van der Waals surface area contributed by atoms with Crippen LogP contribution in [-0.2, 0) is 9.59 Å². The summed E-state index contributed by atoms with van der Waals surface area (Å²) >= 11 is 1.66. The van der Waals surface area contributed by atoms with Gasteiger partial charge in [0.2, 0.25) is 11.8 Å². The molecule has 2 N–H and O–H groups in total. The van der Waals surface area contributed by atoms with Crippen molar-refractivity contribution in [1.29, 1.82) is 0 Å². The van der Waals surface area contributed by atoms with Crippen molar-refractivity contribution < 1.29 is 9.59 Å². The molecule has 3 heterocycles. The second kappa shape index (κ2) is 8.14. The van der Waals surface area contributed by atoms with Gasteiger partial charge >= 0.3 is 0 Å². The van der Waals surface area contributed by atoms with Gasteiger partial charge in [-0.15, -0.1) is 11.3 Å². The third kappa shape index (κ3) is 4.04. The highest BCUT2D eigenvalue weighted by Gasteiger charge is 2.39. The molecule has 1 aromatic heterocycles. The molecule has 0 saturated carbocycles. The van der Waals surface area contributed by atoms with Crippen molar-refractivity contribution in [1.82, 2.24) is 19.7 Å². The lowest BCUT2D eigenvalue weighted by molar-refractivity contribution is -0.139. The number of benzene rings is 1. The molecule has 7 nitrogen and oxygen atoms in total. The fourth-order valence-electron chi connectivity index (χ4n) is 4.24. The Balaban J connectivity index is 1.59. The van der Waals surface area contributed by atoms with Gasteiger partial charge in [-0.25, -0.2) is 4.98 Å². The molecule has 28 heavy (non-hydrogen) atoms. The number of amides is 2. The number of carbonyl (C=O) groups is 2. The summed E-state index contributed by atoms with van der Waals surface area (Å²) in [5.74, 6) is -0.186. The summed E-state index contributed by atoms with van der Waals surface area (Å²) in [6.45, 7) is 4.99. The fourth-order valence-corrected chi connectivity index (χ4v) is 5.36. The normalized spacial score (nSPS) is 24.5. The van der Waals surface area contributed by atoms with E-state index in [0.29, 0.717) is 13.1 Å². The zero-order chi connectivity index (χ0) is 19.7. The maximum absolute atomic E-state index is 13.4. The van der Waals surface area contributed by atoms with Crippen LogP contribution in [-0.4, -0.2) is 84.4 Å². The maximum atomic E-state index is 13.4. The molecule has 2 aliphatic heterocycles. The molecular formula is C20H27N5O2S. The first-order chi connectivity index (χ1) is 13.5. The zero-order valence-corrected chi connectivity index (χ0v) is 17.0. The van der Waals surface area contributed by atoms with Crippen molar-refractivity contribution in [3.05, 3.63) is 29.3 Å². The van der Waals surface area contributed by atoms with E-state index in [1.54, 1.807) is 11.3 Å². The molecule has 150 valence electrons. The summed E-state index contributed by atoms with van der Waals surface area (Å²) in [5, 5.41) is 0.989. The lowest BCUT2D eigenvalue weighted by Gasteiger charge is -2.40. The Morgan fingerprint density at radius 2 is 1.93 bits per heavy atom. The van der Waals surface area contributed by atoms with Crippen molar-refractivity contribution in [3.63, 3.8) is 0 Å². The van der Waals surface area contributed by atoms with Crippen molar-refractivity contribution in [2.45, 2.75) is 12.3 Å². The molecular weight excluding hydrogens is 374 g/mol. The molecule has 0 aliphatic carbocycles. The van der Waals surface area contributed by atoms with Crippen molar-refractivity contribution in [2.75, 3.05) is 52.9 Å². The van der Waals surface area contributed by atoms with E-state index in [9.17, 15) is 9.59 Å². The largest absolute Gasteiger partial charge is 0.369 e. The minimum Gasteiger partial charge on any atom is -0.369 e. The molecule has 2 fully saturated rings. The van der Waals surface area contributed by atoms with E-state index in [2.05, 4.69) is 22.9 Å². The number of hydrogen-bond donors (Lipinski definition) is 1. The first-order valence-corrected chi connectivity index (χ1v) is 10.7. The third-order valence-corrected chi connectivity index (χ3v) is 7.00. The molecule has 2 aliphatic rings. The Kier molecular flexibility index (Phi) is 5.61. The van der Waals surface area contributed by atoms with E-state index in [-0.39, 0.29) is 30.2 Å². The van der Waals surface area contributed by atoms with Gasteiger partial charge in [-0.2, -0.15) is 0 Å². The monoisotopic (exact) mass is 401 g/mol. The summed E-state index contributed by atoms with van der Waals surface area (Å²) < 4.78 is 1.13. The maximum Gasteiger partial charge on any atom is 0.231 e. The van der Waals surface area contributed by atoms with E-state index >= 15 is 0 Å². The standard InChI is InChI=1S/C20H27N5O2S/c1-23-8-10-25(11-9-23)20(27)14-6-7-24(13-18(21)26)12-15(14)19-22-16-4-2-3-5-17(16)28-19/h2-5,14-15H,6-13H2,1H3,(H2,21,26). The molecule has 8 heteroatoms. The predicted octanol–water partition coefficient (Wildman–Crippen LogP) is 0.961. The number of nitrogens with zero attached hydrogens (tertiary/aromatic N) is 4. The Morgan fingerprint density at radius 3 is 2.64 bits per heavy atom. The zero-order valence-electron chi connectivity index (χ0n) is 16.2. The van der Waals surface area contributed by atoms with Crippen LogP contribution in [0, 0.1) is 5.92 Å². The first-order valence-electron chi connectivity index (χ1n) is 9.84. The molecule has 2 amide bonds. The summed E-state index contributed by atoms with van der Waals surface area (Å²) in [6, 6.07) is 8.07. The van der Waals surface area contributed by atoms with E-state index in [4.69, 9.17) is 10.7 Å². The van der Waals surface area contributed by atoms with Gasteiger partial charge in [-0.1, -0.05) is 12.1 Å². The number of aromatic nitrogens is 1. The van der Waals surface area contributed by atoms with Gasteiger partial charge in [0.1, 0.15) is 0 Å². The molecule has 0 spiro atoms. The number of hydrogen-bond acceptors (Lipinski definition) is 6. The number of rotatable bonds is 4. The van der Waals surface area contributed by atoms with Gasteiger partial charge in [0.05, 0.1) is 21.8 Å². The molecule has 4 rings (SSSR count). The molecule has 2 unspecified atom stereocenters. The van der Waals surface area contributed by atoms with Crippen LogP contribution in [0.4, 0.5) is 0 Å². The fraction of sp³-hybridized carbons (Fsp3) is 0.550. The van der Waals surface area contributed by atoms with E-state index < -0.39 is 0 Å². The third-order valence-electron chi connectivity index (χ3n) is 5.84. The van der Waals surface area contributed by atoms with Crippen LogP contribution in [0.3, 0.4) is 0 Å². The topological polar surface area (TPSA) is 82.8 Å². The molecule has 2 aromatic rings. The Bertz CT molecular complexity index is 828. The molecule has 2 atom stereocenters. The lowest BCUT2D eigenvalue weighted by atomic mass is 9.84. The smallest absolute Gasteiger partial charge is 0.231 e. The number of primary amides is 1. The molecule has 0 bridgehead atoms. The number of fused-ring (bicyclic) bond motifs is 1. The number of likely N-dealkylation sites (N-methyl/N-ethyl adjacent to an activating group) is 1. The number of piperidine rings is 1. The van der Waals surface area contributed by atoms with Crippen LogP contribution in [0.1, 0.15) is 17.3 Å².